The van der Waals surface area contributed by atoms with E-state index in [2.05, 4.69) is 20.4 Å². The normalized spacial score (nSPS) is 16.5. The van der Waals surface area contributed by atoms with Gasteiger partial charge in [0.15, 0.2) is 6.40 Å². The van der Waals surface area contributed by atoms with Crippen molar-refractivity contribution >= 4 is 34.8 Å². The van der Waals surface area contributed by atoms with Gasteiger partial charge in [-0.25, -0.2) is 4.99 Å². The van der Waals surface area contributed by atoms with Crippen molar-refractivity contribution in [2.24, 2.45) is 4.99 Å². The number of aliphatic imine (C=N–C) groups is 1. The van der Waals surface area contributed by atoms with Crippen molar-refractivity contribution in [3.05, 3.63) is 48.5 Å². The van der Waals surface area contributed by atoms with Crippen LogP contribution in [0.25, 0.3) is 11.0 Å². The van der Waals surface area contributed by atoms with E-state index in [0.717, 1.165) is 22.3 Å². The minimum atomic E-state index is -0.880. The number of carbonyl (C=O) groups is 1. The van der Waals surface area contributed by atoms with Crippen molar-refractivity contribution in [1.82, 2.24) is 15.4 Å². The smallest absolute Gasteiger partial charge is 0.305 e. The van der Waals surface area contributed by atoms with Crippen LogP contribution in [0.4, 0.5) is 11.4 Å². The molecule has 1 aliphatic heterocycles. The molecular weight excluding hydrogens is 362 g/mol. The summed E-state index contributed by atoms with van der Waals surface area (Å²) in [7, 11) is 0. The Morgan fingerprint density at radius 1 is 1.29 bits per heavy atom. The molecule has 0 bridgehead atoms. The first kappa shape index (κ1) is 17.9. The third kappa shape index (κ3) is 3.94. The van der Waals surface area contributed by atoms with Gasteiger partial charge in [0.2, 0.25) is 0 Å². The Bertz CT molecular complexity index is 1030. The van der Waals surface area contributed by atoms with Crippen LogP contribution in [0.1, 0.15) is 12.0 Å². The van der Waals surface area contributed by atoms with Crippen LogP contribution in [0.3, 0.4) is 0 Å². The maximum Gasteiger partial charge on any atom is 0.305 e. The van der Waals surface area contributed by atoms with Crippen LogP contribution < -0.4 is 9.64 Å². The lowest BCUT2D eigenvalue weighted by Gasteiger charge is -2.33. The Hall–Kier alpha value is -3.46. The summed E-state index contributed by atoms with van der Waals surface area (Å²) in [4.78, 5) is 16.9. The molecule has 3 N–H and O–H groups in total. The Balaban J connectivity index is 1.47. The predicted molar refractivity (Wildman–Crippen MR) is 103 cm³/mol. The molecule has 1 atom stereocenters. The summed E-state index contributed by atoms with van der Waals surface area (Å²) in [6.07, 6.45) is 1.11. The van der Waals surface area contributed by atoms with E-state index in [1.807, 2.05) is 24.3 Å². The number of aromatic amines is 1. The highest BCUT2D eigenvalue weighted by atomic mass is 16.5. The second-order valence-electron chi connectivity index (χ2n) is 6.40. The quantitative estimate of drug-likeness (QED) is 0.442. The molecule has 0 amide bonds. The molecule has 2 heterocycles. The highest BCUT2D eigenvalue weighted by Gasteiger charge is 2.24. The molecule has 2 aromatic carbocycles. The minimum Gasteiger partial charge on any atom is -0.481 e. The average molecular weight is 380 g/mol. The summed E-state index contributed by atoms with van der Waals surface area (Å²) in [5.74, 6) is -0.299. The van der Waals surface area contributed by atoms with E-state index in [1.165, 1.54) is 6.40 Å². The first-order valence-corrected chi connectivity index (χ1v) is 8.72. The number of benzene rings is 2. The molecule has 0 fully saturated rings. The van der Waals surface area contributed by atoms with Crippen molar-refractivity contribution in [3.8, 4) is 5.75 Å². The van der Waals surface area contributed by atoms with Gasteiger partial charge in [-0.15, -0.1) is 0 Å². The van der Waals surface area contributed by atoms with Gasteiger partial charge in [0.1, 0.15) is 16.8 Å². The first-order chi connectivity index (χ1) is 13.6. The van der Waals surface area contributed by atoms with E-state index in [9.17, 15) is 9.90 Å². The molecule has 0 aliphatic carbocycles. The zero-order valence-electron chi connectivity index (χ0n) is 14.8. The second kappa shape index (κ2) is 7.65. The molecule has 1 radical (unpaired) electrons. The van der Waals surface area contributed by atoms with Gasteiger partial charge < -0.3 is 19.8 Å². The van der Waals surface area contributed by atoms with Gasteiger partial charge in [0, 0.05) is 18.7 Å². The largest absolute Gasteiger partial charge is 0.481 e. The molecule has 9 nitrogen and oxygen atoms in total. The number of aliphatic hydroxyl groups excluding tert-OH is 1. The van der Waals surface area contributed by atoms with Gasteiger partial charge in [0.05, 0.1) is 24.8 Å². The number of aromatic nitrogens is 3. The third-order valence-electron chi connectivity index (χ3n) is 4.40. The number of aliphatic hydroxyl groups is 1. The molecule has 143 valence electrons. The topological polar surface area (TPSA) is 124 Å². The van der Waals surface area contributed by atoms with E-state index in [0.29, 0.717) is 24.4 Å². The van der Waals surface area contributed by atoms with Crippen LogP contribution in [0, 0.1) is 6.54 Å². The van der Waals surface area contributed by atoms with E-state index < -0.39 is 12.1 Å². The van der Waals surface area contributed by atoms with E-state index >= 15 is 0 Å². The highest BCUT2D eigenvalue weighted by Crippen LogP contribution is 2.32. The summed E-state index contributed by atoms with van der Waals surface area (Å²) in [5, 5.41) is 29.5. The van der Waals surface area contributed by atoms with Gasteiger partial charge in [0.25, 0.3) is 0 Å². The van der Waals surface area contributed by atoms with Gasteiger partial charge in [-0.1, -0.05) is 0 Å². The molecule has 0 saturated carbocycles. The molecule has 0 spiro atoms. The number of anilines is 1. The van der Waals surface area contributed by atoms with Crippen LogP contribution in [-0.4, -0.2) is 50.6 Å². The number of rotatable bonds is 6. The predicted octanol–water partition coefficient (Wildman–Crippen LogP) is 2.06. The maximum atomic E-state index is 10.8. The van der Waals surface area contributed by atoms with Crippen LogP contribution in [0.15, 0.2) is 41.4 Å². The number of hydrogen-bond acceptors (Lipinski definition) is 7. The summed E-state index contributed by atoms with van der Waals surface area (Å²) in [6, 6.07) is 10.9. The molecule has 0 saturated heterocycles. The maximum absolute atomic E-state index is 10.8. The first-order valence-electron chi connectivity index (χ1n) is 8.72. The average Bonchev–Trinajstić information content (AvgIpc) is 3.13. The molecule has 3 aromatic rings. The number of ether oxygens (including phenoxy) is 1. The summed E-state index contributed by atoms with van der Waals surface area (Å²) < 4.78 is 5.60. The van der Waals surface area contributed by atoms with Crippen molar-refractivity contribution in [2.45, 2.75) is 18.9 Å². The Kier molecular flexibility index (Phi) is 4.90. The van der Waals surface area contributed by atoms with E-state index in [-0.39, 0.29) is 6.42 Å². The Morgan fingerprint density at radius 2 is 2.14 bits per heavy atom. The number of hydrogen-bond donors (Lipinski definition) is 3. The Morgan fingerprint density at radius 3 is 3.00 bits per heavy atom. The van der Waals surface area contributed by atoms with E-state index in [4.69, 9.17) is 9.84 Å². The van der Waals surface area contributed by atoms with Gasteiger partial charge in [-0.3, -0.25) is 4.79 Å². The van der Waals surface area contributed by atoms with Crippen LogP contribution in [0.2, 0.25) is 0 Å². The van der Waals surface area contributed by atoms with Crippen molar-refractivity contribution < 1.29 is 19.7 Å². The highest BCUT2D eigenvalue weighted by molar-refractivity contribution is 5.78. The van der Waals surface area contributed by atoms with E-state index in [1.54, 1.807) is 23.6 Å². The molecule has 1 unspecified atom stereocenters. The fraction of sp³-hybridized carbons (Fsp3) is 0.211. The standard InChI is InChI=1S/C19H18N5O4/c25-14-7-12-8-15(2-4-18(12)24(10-14)6-5-19(26)27)28-11-20-13-1-3-16-17(9-13)22-23-21-16/h1-4,8-11,14,25H,5-7H2,(H,26,27)(H,21,22,23). The van der Waals surface area contributed by atoms with Crippen LogP contribution >= 0.6 is 0 Å². The van der Waals surface area contributed by atoms with Crippen molar-refractivity contribution in [3.63, 3.8) is 0 Å². The number of aliphatic carboxylic acids is 1. The van der Waals surface area contributed by atoms with Gasteiger partial charge >= 0.3 is 5.97 Å². The molecule has 4 rings (SSSR count). The molecule has 28 heavy (non-hydrogen) atoms. The van der Waals surface area contributed by atoms with Crippen molar-refractivity contribution in [1.29, 1.82) is 0 Å². The molecule has 1 aromatic heterocycles. The summed E-state index contributed by atoms with van der Waals surface area (Å²) in [6.45, 7) is 1.94. The molecular formula is C19H18N5O4. The van der Waals surface area contributed by atoms with Gasteiger partial charge in [-0.2, -0.15) is 15.4 Å². The number of fused-ring (bicyclic) bond motifs is 2. The minimum absolute atomic E-state index is 0.0105. The van der Waals surface area contributed by atoms with Crippen LogP contribution in [-0.2, 0) is 11.2 Å². The lowest BCUT2D eigenvalue weighted by molar-refractivity contribution is -0.136. The third-order valence-corrected chi connectivity index (χ3v) is 4.40. The molecule has 9 heteroatoms. The van der Waals surface area contributed by atoms with Crippen molar-refractivity contribution in [2.75, 3.05) is 11.4 Å². The zero-order chi connectivity index (χ0) is 19.5. The number of H-pyrrole nitrogens is 1. The fourth-order valence-electron chi connectivity index (χ4n) is 3.11. The van der Waals surface area contributed by atoms with Gasteiger partial charge in [-0.05, 0) is 42.0 Å². The number of nitrogens with one attached hydrogen (secondary N) is 1. The summed E-state index contributed by atoms with van der Waals surface area (Å²) in [5.41, 5.74) is 3.92. The lowest BCUT2D eigenvalue weighted by Crippen LogP contribution is -2.35. The molecule has 1 aliphatic rings. The number of carboxylic acids is 1. The Labute approximate surface area is 160 Å². The van der Waals surface area contributed by atoms with Crippen LogP contribution in [0.5, 0.6) is 5.75 Å². The monoisotopic (exact) mass is 380 g/mol. The number of carboxylic acid groups (broad SMARTS) is 1. The number of nitrogens with zero attached hydrogens (tertiary/aromatic N) is 4. The second-order valence-corrected chi connectivity index (χ2v) is 6.40. The SMILES string of the molecule is O=C(O)CCN1[CH]C(O)Cc2cc(OC=Nc3ccc4n[nH]nc4c3)ccc21. The summed E-state index contributed by atoms with van der Waals surface area (Å²) >= 11 is 0. The fourth-order valence-corrected chi connectivity index (χ4v) is 3.11. The zero-order valence-corrected chi connectivity index (χ0v) is 14.8. The lowest BCUT2D eigenvalue weighted by atomic mass is 9.99.